The van der Waals surface area contributed by atoms with E-state index in [-0.39, 0.29) is 17.9 Å². The van der Waals surface area contributed by atoms with Gasteiger partial charge in [-0.15, -0.1) is 11.3 Å². The van der Waals surface area contributed by atoms with E-state index in [2.05, 4.69) is 15.2 Å². The summed E-state index contributed by atoms with van der Waals surface area (Å²) in [5.74, 6) is -0.355. The number of thiazole rings is 1. The molecule has 2 amide bonds. The zero-order valence-corrected chi connectivity index (χ0v) is 18.9. The van der Waals surface area contributed by atoms with Gasteiger partial charge in [-0.2, -0.15) is 0 Å². The molecule has 7 heteroatoms. The molecule has 0 aliphatic carbocycles. The van der Waals surface area contributed by atoms with Crippen molar-refractivity contribution in [1.82, 2.24) is 14.8 Å². The van der Waals surface area contributed by atoms with E-state index in [1.54, 1.807) is 5.38 Å². The first-order valence-corrected chi connectivity index (χ1v) is 11.1. The molecular formula is C24H28N4O2S. The van der Waals surface area contributed by atoms with Crippen LogP contribution < -0.4 is 5.32 Å². The van der Waals surface area contributed by atoms with Gasteiger partial charge in [-0.3, -0.25) is 9.59 Å². The highest BCUT2D eigenvalue weighted by Crippen LogP contribution is 2.31. The van der Waals surface area contributed by atoms with E-state index in [0.29, 0.717) is 17.4 Å². The number of rotatable bonds is 9. The number of nitrogens with zero attached hydrogens (tertiary/aromatic N) is 3. The summed E-state index contributed by atoms with van der Waals surface area (Å²) in [6, 6.07) is 19.9. The van der Waals surface area contributed by atoms with Crippen molar-refractivity contribution in [3.63, 3.8) is 0 Å². The van der Waals surface area contributed by atoms with Gasteiger partial charge in [0.2, 0.25) is 5.91 Å². The largest absolute Gasteiger partial charge is 0.326 e. The summed E-state index contributed by atoms with van der Waals surface area (Å²) in [5, 5.41) is 4.80. The smallest absolute Gasteiger partial charge is 0.274 e. The molecule has 1 aromatic heterocycles. The first kappa shape index (κ1) is 22.7. The molecule has 0 saturated heterocycles. The monoisotopic (exact) mass is 436 g/mol. The van der Waals surface area contributed by atoms with Crippen molar-refractivity contribution < 1.29 is 9.59 Å². The zero-order valence-electron chi connectivity index (χ0n) is 18.1. The molecule has 162 valence electrons. The Kier molecular flexibility index (Phi) is 7.92. The normalized spacial score (nSPS) is 11.0. The van der Waals surface area contributed by atoms with Gasteiger partial charge in [0, 0.05) is 18.8 Å². The van der Waals surface area contributed by atoms with Crippen molar-refractivity contribution in [3.05, 3.63) is 82.9 Å². The lowest BCUT2D eigenvalue weighted by Gasteiger charge is -2.32. The Morgan fingerprint density at radius 1 is 0.968 bits per heavy atom. The average Bonchev–Trinajstić information content (AvgIpc) is 3.21. The number of carbonyl (C=O) groups excluding carboxylic acids is 2. The number of nitrogens with one attached hydrogen (secondary N) is 1. The van der Waals surface area contributed by atoms with E-state index in [4.69, 9.17) is 0 Å². The first-order chi connectivity index (χ1) is 15.0. The van der Waals surface area contributed by atoms with Crippen molar-refractivity contribution in [2.45, 2.75) is 19.4 Å². The molecule has 2 aromatic carbocycles. The lowest BCUT2D eigenvalue weighted by atomic mass is 9.96. The van der Waals surface area contributed by atoms with E-state index in [9.17, 15) is 9.59 Å². The number of anilines is 1. The summed E-state index contributed by atoms with van der Waals surface area (Å²) in [4.78, 5) is 33.4. The van der Waals surface area contributed by atoms with Crippen molar-refractivity contribution >= 4 is 28.3 Å². The van der Waals surface area contributed by atoms with Crippen LogP contribution in [-0.2, 0) is 4.79 Å². The third kappa shape index (κ3) is 6.23. The molecule has 0 radical (unpaired) electrons. The predicted octanol–water partition coefficient (Wildman–Crippen LogP) is 4.29. The molecule has 0 unspecified atom stereocenters. The molecule has 31 heavy (non-hydrogen) atoms. The molecule has 3 rings (SSSR count). The highest BCUT2D eigenvalue weighted by Gasteiger charge is 2.29. The van der Waals surface area contributed by atoms with Gasteiger partial charge < -0.3 is 15.1 Å². The Morgan fingerprint density at radius 3 is 2.06 bits per heavy atom. The molecule has 3 aromatic rings. The van der Waals surface area contributed by atoms with Gasteiger partial charge in [-0.05, 0) is 38.2 Å². The molecule has 0 spiro atoms. The Morgan fingerprint density at radius 2 is 1.55 bits per heavy atom. The van der Waals surface area contributed by atoms with Gasteiger partial charge in [0.1, 0.15) is 5.69 Å². The van der Waals surface area contributed by atoms with E-state index < -0.39 is 0 Å². The Hall–Kier alpha value is -3.03. The lowest BCUT2D eigenvalue weighted by molar-refractivity contribution is -0.114. The second-order valence-corrected chi connectivity index (χ2v) is 8.46. The SMILES string of the molecule is CC(=O)Nc1nc(C(=O)N(CCCN(C)C)C(c2ccccc2)c2ccccc2)cs1. The molecule has 0 fully saturated rings. The van der Waals surface area contributed by atoms with E-state index in [1.165, 1.54) is 18.3 Å². The maximum Gasteiger partial charge on any atom is 0.274 e. The maximum atomic E-state index is 13.7. The molecule has 0 aliphatic heterocycles. The summed E-state index contributed by atoms with van der Waals surface area (Å²) < 4.78 is 0. The third-order valence-electron chi connectivity index (χ3n) is 4.81. The van der Waals surface area contributed by atoms with E-state index in [1.807, 2.05) is 79.7 Å². The second kappa shape index (κ2) is 10.8. The topological polar surface area (TPSA) is 65.5 Å². The van der Waals surface area contributed by atoms with Gasteiger partial charge >= 0.3 is 0 Å². The number of hydrogen-bond donors (Lipinski definition) is 1. The maximum absolute atomic E-state index is 13.7. The van der Waals surface area contributed by atoms with Crippen LogP contribution in [0.1, 0.15) is 41.0 Å². The fourth-order valence-corrected chi connectivity index (χ4v) is 4.19. The summed E-state index contributed by atoms with van der Waals surface area (Å²) in [7, 11) is 4.05. The minimum atomic E-state index is -0.233. The van der Waals surface area contributed by atoms with Gasteiger partial charge in [-0.25, -0.2) is 4.98 Å². The van der Waals surface area contributed by atoms with Crippen LogP contribution in [0.4, 0.5) is 5.13 Å². The first-order valence-electron chi connectivity index (χ1n) is 10.2. The second-order valence-electron chi connectivity index (χ2n) is 7.60. The minimum Gasteiger partial charge on any atom is -0.326 e. The molecule has 0 atom stereocenters. The number of aromatic nitrogens is 1. The fourth-order valence-electron chi connectivity index (χ4n) is 3.46. The van der Waals surface area contributed by atoms with E-state index in [0.717, 1.165) is 24.1 Å². The molecule has 6 nitrogen and oxygen atoms in total. The van der Waals surface area contributed by atoms with E-state index >= 15 is 0 Å². The van der Waals surface area contributed by atoms with Crippen molar-refractivity contribution in [1.29, 1.82) is 0 Å². The van der Waals surface area contributed by atoms with Crippen LogP contribution in [0.2, 0.25) is 0 Å². The Balaban J connectivity index is 1.99. The molecule has 1 heterocycles. The van der Waals surface area contributed by atoms with Crippen LogP contribution >= 0.6 is 11.3 Å². The van der Waals surface area contributed by atoms with Crippen molar-refractivity contribution in [2.75, 3.05) is 32.5 Å². The summed E-state index contributed by atoms with van der Waals surface area (Å²) in [6.45, 7) is 2.88. The predicted molar refractivity (Wildman–Crippen MR) is 125 cm³/mol. The number of hydrogen-bond acceptors (Lipinski definition) is 5. The quantitative estimate of drug-likeness (QED) is 0.544. The van der Waals surface area contributed by atoms with Crippen LogP contribution in [0.5, 0.6) is 0 Å². The summed E-state index contributed by atoms with van der Waals surface area (Å²) in [6.07, 6.45) is 0.831. The van der Waals surface area contributed by atoms with Gasteiger partial charge in [0.05, 0.1) is 6.04 Å². The molecule has 1 N–H and O–H groups in total. The summed E-state index contributed by atoms with van der Waals surface area (Å²) in [5.41, 5.74) is 2.43. The molecule has 0 aliphatic rings. The highest BCUT2D eigenvalue weighted by molar-refractivity contribution is 7.14. The van der Waals surface area contributed by atoms with Crippen LogP contribution in [0.25, 0.3) is 0 Å². The Labute approximate surface area is 187 Å². The Bertz CT molecular complexity index is 950. The van der Waals surface area contributed by atoms with Crippen LogP contribution in [-0.4, -0.2) is 53.8 Å². The lowest BCUT2D eigenvalue weighted by Crippen LogP contribution is -2.37. The van der Waals surface area contributed by atoms with Crippen LogP contribution in [0.3, 0.4) is 0 Å². The van der Waals surface area contributed by atoms with Crippen molar-refractivity contribution in [3.8, 4) is 0 Å². The molecule has 0 bridgehead atoms. The molecule has 0 saturated carbocycles. The highest BCUT2D eigenvalue weighted by atomic mass is 32.1. The number of benzene rings is 2. The van der Waals surface area contributed by atoms with Crippen LogP contribution in [0, 0.1) is 0 Å². The third-order valence-corrected chi connectivity index (χ3v) is 5.57. The standard InChI is InChI=1S/C24H28N4O2S/c1-18(29)25-24-26-21(17-31-24)23(30)28(16-10-15-27(2)3)22(19-11-6-4-7-12-19)20-13-8-5-9-14-20/h4-9,11-14,17,22H,10,15-16H2,1-3H3,(H,25,26,29). The van der Waals surface area contributed by atoms with Crippen molar-refractivity contribution in [2.24, 2.45) is 0 Å². The van der Waals surface area contributed by atoms with Gasteiger partial charge in [0.15, 0.2) is 5.13 Å². The number of amides is 2. The average molecular weight is 437 g/mol. The summed E-state index contributed by atoms with van der Waals surface area (Å²) >= 11 is 1.26. The molecular weight excluding hydrogens is 408 g/mol. The fraction of sp³-hybridized carbons (Fsp3) is 0.292. The van der Waals surface area contributed by atoms with Gasteiger partial charge in [-0.1, -0.05) is 60.7 Å². The van der Waals surface area contributed by atoms with Gasteiger partial charge in [0.25, 0.3) is 5.91 Å². The minimum absolute atomic E-state index is 0.149. The zero-order chi connectivity index (χ0) is 22.2. The number of carbonyl (C=O) groups is 2. The van der Waals surface area contributed by atoms with Crippen LogP contribution in [0.15, 0.2) is 66.0 Å².